The van der Waals surface area contributed by atoms with Crippen LogP contribution in [0.1, 0.15) is 17.2 Å². The van der Waals surface area contributed by atoms with Gasteiger partial charge in [0, 0.05) is 34.6 Å². The van der Waals surface area contributed by atoms with Crippen LogP contribution in [-0.4, -0.2) is 24.4 Å². The molecule has 3 rings (SSSR count). The quantitative estimate of drug-likeness (QED) is 0.863. The predicted molar refractivity (Wildman–Crippen MR) is 87.7 cm³/mol. The number of aliphatic imine (C=N–C) groups is 1. The minimum atomic E-state index is -0.235. The van der Waals surface area contributed by atoms with E-state index in [9.17, 15) is 5.11 Å². The molecule has 5 heteroatoms. The summed E-state index contributed by atoms with van der Waals surface area (Å²) in [5, 5.41) is 19.8. The molecule has 2 aromatic rings. The van der Waals surface area contributed by atoms with Gasteiger partial charge < -0.3 is 10.0 Å². The van der Waals surface area contributed by atoms with Gasteiger partial charge in [-0.05, 0) is 24.3 Å². The van der Waals surface area contributed by atoms with E-state index in [2.05, 4.69) is 11.1 Å². The summed E-state index contributed by atoms with van der Waals surface area (Å²) in [6, 6.07) is 14.6. The van der Waals surface area contributed by atoms with E-state index < -0.39 is 0 Å². The van der Waals surface area contributed by atoms with Gasteiger partial charge in [0.15, 0.2) is 0 Å². The number of phenolic OH excluding ortho intramolecular Hbond substituents is 1. The van der Waals surface area contributed by atoms with E-state index in [0.717, 1.165) is 16.8 Å². The van der Waals surface area contributed by atoms with E-state index in [1.165, 1.54) is 0 Å². The molecular weight excluding hydrogens is 298 g/mol. The first-order valence-corrected chi connectivity index (χ1v) is 7.29. The van der Waals surface area contributed by atoms with Crippen molar-refractivity contribution in [3.05, 3.63) is 58.6 Å². The molecule has 110 valence electrons. The van der Waals surface area contributed by atoms with E-state index in [1.54, 1.807) is 24.4 Å². The smallest absolute Gasteiger partial charge is 0.120 e. The van der Waals surface area contributed by atoms with Crippen molar-refractivity contribution >= 4 is 23.5 Å². The van der Waals surface area contributed by atoms with Gasteiger partial charge in [-0.3, -0.25) is 4.99 Å². The number of nitriles is 1. The molecule has 2 aromatic carbocycles. The summed E-state index contributed by atoms with van der Waals surface area (Å²) in [7, 11) is 0. The maximum absolute atomic E-state index is 10.1. The van der Waals surface area contributed by atoms with Crippen LogP contribution in [0.15, 0.2) is 47.5 Å². The Labute approximate surface area is 133 Å². The zero-order valence-electron chi connectivity index (χ0n) is 11.8. The molecule has 1 heterocycles. The highest BCUT2D eigenvalue weighted by atomic mass is 35.5. The van der Waals surface area contributed by atoms with Crippen molar-refractivity contribution in [3.63, 3.8) is 0 Å². The SMILES string of the molecule is N#CCN1CC(c2ccccc2O)N=Cc2cc(Cl)ccc21. The monoisotopic (exact) mass is 311 g/mol. The lowest BCUT2D eigenvalue weighted by Crippen LogP contribution is -2.28. The van der Waals surface area contributed by atoms with Crippen molar-refractivity contribution in [2.75, 3.05) is 18.0 Å². The van der Waals surface area contributed by atoms with Crippen LogP contribution in [0.4, 0.5) is 5.69 Å². The maximum atomic E-state index is 10.1. The lowest BCUT2D eigenvalue weighted by Gasteiger charge is -2.25. The zero-order valence-corrected chi connectivity index (χ0v) is 12.5. The standard InChI is InChI=1S/C17H14ClN3O/c18-13-5-6-16-12(9-13)10-20-15(11-21(16)8-7-19)14-3-1-2-4-17(14)22/h1-6,9-10,15,22H,8,11H2. The third kappa shape index (κ3) is 2.76. The van der Waals surface area contributed by atoms with Crippen LogP contribution in [0.5, 0.6) is 5.75 Å². The fourth-order valence-corrected chi connectivity index (χ4v) is 2.80. The summed E-state index contributed by atoms with van der Waals surface area (Å²) in [5.74, 6) is 0.213. The number of anilines is 1. The van der Waals surface area contributed by atoms with Crippen molar-refractivity contribution in [1.82, 2.24) is 0 Å². The van der Waals surface area contributed by atoms with Gasteiger partial charge in [-0.2, -0.15) is 5.26 Å². The molecule has 1 atom stereocenters. The molecule has 1 unspecified atom stereocenters. The van der Waals surface area contributed by atoms with Gasteiger partial charge in [0.25, 0.3) is 0 Å². The molecule has 0 saturated heterocycles. The van der Waals surface area contributed by atoms with E-state index in [1.807, 2.05) is 29.2 Å². The van der Waals surface area contributed by atoms with Crippen molar-refractivity contribution in [2.24, 2.45) is 4.99 Å². The lowest BCUT2D eigenvalue weighted by molar-refractivity contribution is 0.461. The number of para-hydroxylation sites is 1. The first kappa shape index (κ1) is 14.4. The Morgan fingerprint density at radius 3 is 2.91 bits per heavy atom. The molecule has 0 aliphatic carbocycles. The number of hydrogen-bond donors (Lipinski definition) is 1. The molecule has 0 aromatic heterocycles. The average Bonchev–Trinajstić information content (AvgIpc) is 2.68. The van der Waals surface area contributed by atoms with Gasteiger partial charge in [-0.25, -0.2) is 0 Å². The number of benzodiazepines with no additional fused rings is 1. The van der Waals surface area contributed by atoms with Crippen molar-refractivity contribution in [2.45, 2.75) is 6.04 Å². The first-order valence-electron chi connectivity index (χ1n) is 6.91. The summed E-state index contributed by atoms with van der Waals surface area (Å²) in [6.45, 7) is 0.776. The zero-order chi connectivity index (χ0) is 15.5. The number of nitrogens with zero attached hydrogens (tertiary/aromatic N) is 3. The third-order valence-electron chi connectivity index (χ3n) is 3.67. The highest BCUT2D eigenvalue weighted by Gasteiger charge is 2.22. The Bertz CT molecular complexity index is 767. The van der Waals surface area contributed by atoms with Crippen LogP contribution < -0.4 is 4.90 Å². The number of aromatic hydroxyl groups is 1. The Balaban J connectivity index is 2.03. The van der Waals surface area contributed by atoms with Crippen molar-refractivity contribution in [1.29, 1.82) is 5.26 Å². The van der Waals surface area contributed by atoms with Gasteiger partial charge in [0.2, 0.25) is 0 Å². The molecule has 0 radical (unpaired) electrons. The Kier molecular flexibility index (Phi) is 3.99. The summed E-state index contributed by atoms with van der Waals surface area (Å²) >= 11 is 6.05. The largest absolute Gasteiger partial charge is 0.508 e. The third-order valence-corrected chi connectivity index (χ3v) is 3.91. The molecule has 0 fully saturated rings. The van der Waals surface area contributed by atoms with E-state index in [4.69, 9.17) is 16.9 Å². The molecule has 4 nitrogen and oxygen atoms in total. The summed E-state index contributed by atoms with van der Waals surface area (Å²) in [5.41, 5.74) is 2.55. The summed E-state index contributed by atoms with van der Waals surface area (Å²) < 4.78 is 0. The molecule has 1 aliphatic rings. The normalized spacial score (nSPS) is 16.7. The number of fused-ring (bicyclic) bond motifs is 1. The van der Waals surface area contributed by atoms with Gasteiger partial charge in [-0.1, -0.05) is 29.8 Å². The van der Waals surface area contributed by atoms with E-state index >= 15 is 0 Å². The van der Waals surface area contributed by atoms with Crippen molar-refractivity contribution in [3.8, 4) is 11.8 Å². The second kappa shape index (κ2) is 6.08. The number of hydrogen-bond acceptors (Lipinski definition) is 4. The second-order valence-electron chi connectivity index (χ2n) is 5.09. The molecule has 0 amide bonds. The van der Waals surface area contributed by atoms with Crippen LogP contribution in [0, 0.1) is 11.3 Å². The second-order valence-corrected chi connectivity index (χ2v) is 5.53. The Hall–Kier alpha value is -2.51. The molecule has 0 bridgehead atoms. The highest BCUT2D eigenvalue weighted by molar-refractivity contribution is 6.31. The van der Waals surface area contributed by atoms with Crippen LogP contribution in [0.25, 0.3) is 0 Å². The van der Waals surface area contributed by atoms with Gasteiger partial charge in [0.1, 0.15) is 12.3 Å². The molecule has 22 heavy (non-hydrogen) atoms. The van der Waals surface area contributed by atoms with Crippen molar-refractivity contribution < 1.29 is 5.11 Å². The van der Waals surface area contributed by atoms with Crippen LogP contribution in [-0.2, 0) is 0 Å². The van der Waals surface area contributed by atoms with E-state index in [-0.39, 0.29) is 18.3 Å². The molecule has 0 saturated carbocycles. The minimum Gasteiger partial charge on any atom is -0.508 e. The Morgan fingerprint density at radius 2 is 2.14 bits per heavy atom. The van der Waals surface area contributed by atoms with Crippen LogP contribution in [0.3, 0.4) is 0 Å². The minimum absolute atomic E-state index is 0.213. The lowest BCUT2D eigenvalue weighted by atomic mass is 10.1. The molecular formula is C17H14ClN3O. The van der Waals surface area contributed by atoms with Crippen LogP contribution >= 0.6 is 11.6 Å². The molecule has 0 spiro atoms. The fraction of sp³-hybridized carbons (Fsp3) is 0.176. The number of halogens is 1. The topological polar surface area (TPSA) is 59.6 Å². The summed E-state index contributed by atoms with van der Waals surface area (Å²) in [6.07, 6.45) is 1.76. The molecule has 1 aliphatic heterocycles. The van der Waals surface area contributed by atoms with Crippen LogP contribution in [0.2, 0.25) is 5.02 Å². The van der Waals surface area contributed by atoms with Gasteiger partial charge >= 0.3 is 0 Å². The number of benzene rings is 2. The molecule has 1 N–H and O–H groups in total. The first-order chi connectivity index (χ1) is 10.7. The fourth-order valence-electron chi connectivity index (χ4n) is 2.62. The maximum Gasteiger partial charge on any atom is 0.120 e. The number of phenols is 1. The number of rotatable bonds is 2. The Morgan fingerprint density at radius 1 is 1.32 bits per heavy atom. The van der Waals surface area contributed by atoms with E-state index in [0.29, 0.717) is 11.6 Å². The summed E-state index contributed by atoms with van der Waals surface area (Å²) in [4.78, 5) is 6.53. The highest BCUT2D eigenvalue weighted by Crippen LogP contribution is 2.33. The average molecular weight is 312 g/mol. The van der Waals surface area contributed by atoms with Gasteiger partial charge in [-0.15, -0.1) is 0 Å². The predicted octanol–water partition coefficient (Wildman–Crippen LogP) is 3.55. The van der Waals surface area contributed by atoms with Gasteiger partial charge in [0.05, 0.1) is 12.1 Å².